The molecule has 3 rings (SSSR count). The summed E-state index contributed by atoms with van der Waals surface area (Å²) < 4.78 is 16.3. The van der Waals surface area contributed by atoms with Gasteiger partial charge in [0, 0.05) is 16.5 Å². The molecule has 0 radical (unpaired) electrons. The normalized spacial score (nSPS) is 10.4. The lowest BCUT2D eigenvalue weighted by Gasteiger charge is -2.12. The summed E-state index contributed by atoms with van der Waals surface area (Å²) in [6.45, 7) is 4.81. The highest BCUT2D eigenvalue weighted by molar-refractivity contribution is 7.14. The maximum atomic E-state index is 12.6. The number of anilines is 1. The van der Waals surface area contributed by atoms with Crippen molar-refractivity contribution in [2.45, 2.75) is 13.8 Å². The number of aromatic nitrogens is 1. The molecular weight excluding hydrogens is 376 g/mol. The second kappa shape index (κ2) is 9.23. The van der Waals surface area contributed by atoms with Crippen LogP contribution < -0.4 is 19.5 Å². The van der Waals surface area contributed by atoms with Gasteiger partial charge in [0.2, 0.25) is 0 Å². The highest BCUT2D eigenvalue weighted by atomic mass is 32.1. The van der Waals surface area contributed by atoms with E-state index in [4.69, 9.17) is 14.2 Å². The van der Waals surface area contributed by atoms with Gasteiger partial charge in [-0.2, -0.15) is 0 Å². The standard InChI is InChI=1S/C21H22N2O4S/c1-4-26-18-11-8-15(12-19(18)27-5-2)20(24)23-21-22-17(13-28-21)14-6-9-16(25-3)10-7-14/h6-13H,4-5H2,1-3H3,(H,22,23,24). The minimum absolute atomic E-state index is 0.250. The van der Waals surface area contributed by atoms with E-state index in [9.17, 15) is 4.79 Å². The number of ether oxygens (including phenoxy) is 3. The average Bonchev–Trinajstić information content (AvgIpc) is 3.18. The van der Waals surface area contributed by atoms with Gasteiger partial charge >= 0.3 is 0 Å². The molecule has 1 amide bonds. The Morgan fingerprint density at radius 2 is 1.75 bits per heavy atom. The molecule has 0 saturated heterocycles. The number of amides is 1. The molecule has 7 heteroatoms. The van der Waals surface area contributed by atoms with Gasteiger partial charge in [-0.25, -0.2) is 4.98 Å². The lowest BCUT2D eigenvalue weighted by Crippen LogP contribution is -2.12. The van der Waals surface area contributed by atoms with Crippen LogP contribution in [0.2, 0.25) is 0 Å². The first-order valence-corrected chi connectivity index (χ1v) is 9.83. The molecule has 146 valence electrons. The predicted molar refractivity (Wildman–Crippen MR) is 111 cm³/mol. The zero-order chi connectivity index (χ0) is 19.9. The Morgan fingerprint density at radius 1 is 1.04 bits per heavy atom. The Morgan fingerprint density at radius 3 is 2.43 bits per heavy atom. The molecule has 1 heterocycles. The quantitative estimate of drug-likeness (QED) is 0.586. The molecule has 0 spiro atoms. The lowest BCUT2D eigenvalue weighted by molar-refractivity contribution is 0.102. The minimum atomic E-state index is -0.250. The van der Waals surface area contributed by atoms with Crippen LogP contribution in [0, 0.1) is 0 Å². The number of rotatable bonds is 8. The summed E-state index contributed by atoms with van der Waals surface area (Å²) in [5.74, 6) is 1.71. The Kier molecular flexibility index (Phi) is 6.49. The number of methoxy groups -OCH3 is 1. The predicted octanol–water partition coefficient (Wildman–Crippen LogP) is 4.87. The van der Waals surface area contributed by atoms with Crippen molar-refractivity contribution in [2.24, 2.45) is 0 Å². The van der Waals surface area contributed by atoms with E-state index >= 15 is 0 Å². The molecule has 3 aromatic rings. The van der Waals surface area contributed by atoms with E-state index in [1.165, 1.54) is 11.3 Å². The van der Waals surface area contributed by atoms with Crippen LogP contribution in [0.1, 0.15) is 24.2 Å². The number of nitrogens with one attached hydrogen (secondary N) is 1. The summed E-state index contributed by atoms with van der Waals surface area (Å²) in [5.41, 5.74) is 2.23. The van der Waals surface area contributed by atoms with E-state index in [0.717, 1.165) is 17.0 Å². The first kappa shape index (κ1) is 19.7. The second-order valence-corrected chi connectivity index (χ2v) is 6.61. The molecule has 0 fully saturated rings. The number of carbonyl (C=O) groups is 1. The van der Waals surface area contributed by atoms with Crippen molar-refractivity contribution in [2.75, 3.05) is 25.6 Å². The van der Waals surface area contributed by atoms with Crippen LogP contribution in [0.3, 0.4) is 0 Å². The Balaban J connectivity index is 1.74. The molecule has 0 bridgehead atoms. The molecule has 1 N–H and O–H groups in total. The number of benzene rings is 2. The molecule has 0 aliphatic heterocycles. The highest BCUT2D eigenvalue weighted by Crippen LogP contribution is 2.30. The van der Waals surface area contributed by atoms with Gasteiger partial charge in [0.1, 0.15) is 5.75 Å². The number of carbonyl (C=O) groups excluding carboxylic acids is 1. The molecule has 0 aliphatic rings. The van der Waals surface area contributed by atoms with Gasteiger partial charge in [-0.3, -0.25) is 10.1 Å². The van der Waals surface area contributed by atoms with Crippen LogP contribution >= 0.6 is 11.3 Å². The van der Waals surface area contributed by atoms with Gasteiger partial charge < -0.3 is 14.2 Å². The van der Waals surface area contributed by atoms with Crippen molar-refractivity contribution in [1.82, 2.24) is 4.98 Å². The third-order valence-corrected chi connectivity index (χ3v) is 4.67. The Hall–Kier alpha value is -3.06. The molecule has 1 aromatic heterocycles. The van der Waals surface area contributed by atoms with Gasteiger partial charge in [0.15, 0.2) is 16.6 Å². The fourth-order valence-electron chi connectivity index (χ4n) is 2.59. The molecular formula is C21H22N2O4S. The SMILES string of the molecule is CCOc1ccc(C(=O)Nc2nc(-c3ccc(OC)cc3)cs2)cc1OCC. The minimum Gasteiger partial charge on any atom is -0.497 e. The van der Waals surface area contributed by atoms with Crippen molar-refractivity contribution >= 4 is 22.4 Å². The lowest BCUT2D eigenvalue weighted by atomic mass is 10.2. The van der Waals surface area contributed by atoms with Crippen molar-refractivity contribution < 1.29 is 19.0 Å². The van der Waals surface area contributed by atoms with E-state index in [1.807, 2.05) is 43.5 Å². The largest absolute Gasteiger partial charge is 0.497 e. The average molecular weight is 398 g/mol. The van der Waals surface area contributed by atoms with Crippen LogP contribution in [0.5, 0.6) is 17.2 Å². The fraction of sp³-hybridized carbons (Fsp3) is 0.238. The summed E-state index contributed by atoms with van der Waals surface area (Å²) >= 11 is 1.37. The van der Waals surface area contributed by atoms with E-state index < -0.39 is 0 Å². The first-order chi connectivity index (χ1) is 13.6. The van der Waals surface area contributed by atoms with Gasteiger partial charge in [-0.15, -0.1) is 11.3 Å². The summed E-state index contributed by atoms with van der Waals surface area (Å²) in [5, 5.41) is 5.27. The summed E-state index contributed by atoms with van der Waals surface area (Å²) in [4.78, 5) is 17.1. The molecule has 0 aliphatic carbocycles. The summed E-state index contributed by atoms with van der Waals surface area (Å²) in [6.07, 6.45) is 0. The number of hydrogen-bond donors (Lipinski definition) is 1. The van der Waals surface area contributed by atoms with Crippen LogP contribution in [-0.4, -0.2) is 31.2 Å². The fourth-order valence-corrected chi connectivity index (χ4v) is 3.30. The van der Waals surface area contributed by atoms with Gasteiger partial charge in [-0.1, -0.05) is 0 Å². The maximum Gasteiger partial charge on any atom is 0.257 e. The van der Waals surface area contributed by atoms with Gasteiger partial charge in [0.25, 0.3) is 5.91 Å². The molecule has 28 heavy (non-hydrogen) atoms. The van der Waals surface area contributed by atoms with Crippen molar-refractivity contribution in [3.05, 3.63) is 53.4 Å². The maximum absolute atomic E-state index is 12.6. The smallest absolute Gasteiger partial charge is 0.257 e. The first-order valence-electron chi connectivity index (χ1n) is 8.95. The van der Waals surface area contributed by atoms with Gasteiger partial charge in [0.05, 0.1) is 26.0 Å². The number of nitrogens with zero attached hydrogens (tertiary/aromatic N) is 1. The van der Waals surface area contributed by atoms with Crippen molar-refractivity contribution in [1.29, 1.82) is 0 Å². The van der Waals surface area contributed by atoms with Crippen LogP contribution in [0.4, 0.5) is 5.13 Å². The van der Waals surface area contributed by atoms with Crippen LogP contribution in [0.15, 0.2) is 47.8 Å². The topological polar surface area (TPSA) is 69.7 Å². The molecule has 6 nitrogen and oxygen atoms in total. The number of thiazole rings is 1. The van der Waals surface area contributed by atoms with E-state index in [0.29, 0.717) is 35.4 Å². The summed E-state index contributed by atoms with van der Waals surface area (Å²) in [6, 6.07) is 12.8. The highest BCUT2D eigenvalue weighted by Gasteiger charge is 2.14. The molecule has 0 unspecified atom stereocenters. The van der Waals surface area contributed by atoms with Crippen molar-refractivity contribution in [3.8, 4) is 28.5 Å². The third-order valence-electron chi connectivity index (χ3n) is 3.92. The van der Waals surface area contributed by atoms with E-state index in [-0.39, 0.29) is 5.91 Å². The summed E-state index contributed by atoms with van der Waals surface area (Å²) in [7, 11) is 1.63. The monoisotopic (exact) mass is 398 g/mol. The Bertz CT molecular complexity index is 938. The zero-order valence-corrected chi connectivity index (χ0v) is 16.8. The molecule has 2 aromatic carbocycles. The molecule has 0 saturated carbocycles. The van der Waals surface area contributed by atoms with E-state index in [1.54, 1.807) is 25.3 Å². The third kappa shape index (κ3) is 4.61. The Labute approximate surface area is 168 Å². The number of hydrogen-bond acceptors (Lipinski definition) is 6. The molecule has 0 atom stereocenters. The van der Waals surface area contributed by atoms with Gasteiger partial charge in [-0.05, 0) is 56.3 Å². The zero-order valence-electron chi connectivity index (χ0n) is 16.0. The van der Waals surface area contributed by atoms with E-state index in [2.05, 4.69) is 10.3 Å². The van der Waals surface area contributed by atoms with Crippen LogP contribution in [0.25, 0.3) is 11.3 Å². The van der Waals surface area contributed by atoms with Crippen molar-refractivity contribution in [3.63, 3.8) is 0 Å². The van der Waals surface area contributed by atoms with Crippen LogP contribution in [-0.2, 0) is 0 Å². The second-order valence-electron chi connectivity index (χ2n) is 5.75.